The lowest BCUT2D eigenvalue weighted by molar-refractivity contribution is 0.354. The van der Waals surface area contributed by atoms with E-state index in [0.717, 1.165) is 12.0 Å². The summed E-state index contributed by atoms with van der Waals surface area (Å²) < 4.78 is 15.4. The van der Waals surface area contributed by atoms with Gasteiger partial charge in [0.1, 0.15) is 6.54 Å². The first kappa shape index (κ1) is 16.6. The molecule has 0 radical (unpaired) electrons. The van der Waals surface area contributed by atoms with Crippen LogP contribution in [0, 0.1) is 6.92 Å². The van der Waals surface area contributed by atoms with E-state index in [2.05, 4.69) is 20.4 Å². The molecule has 0 saturated heterocycles. The zero-order valence-corrected chi connectivity index (χ0v) is 13.5. The van der Waals surface area contributed by atoms with Crippen LogP contribution < -0.4 is 20.5 Å². The normalized spacial score (nSPS) is 11.3. The van der Waals surface area contributed by atoms with E-state index in [4.69, 9.17) is 19.7 Å². The molecule has 0 fully saturated rings. The number of rotatable bonds is 7. The Hall–Kier alpha value is -2.77. The maximum Gasteiger partial charge on any atom is 0.223 e. The number of methoxy groups -OCH3 is 2. The molecule has 2 aromatic rings. The molecule has 0 aliphatic rings. The second-order valence-electron chi connectivity index (χ2n) is 4.80. The van der Waals surface area contributed by atoms with Gasteiger partial charge in [-0.05, 0) is 24.1 Å². The third-order valence-electron chi connectivity index (χ3n) is 3.13. The number of nitrogens with zero attached hydrogens (tertiary/aromatic N) is 3. The Kier molecular flexibility index (Phi) is 5.79. The Balaban J connectivity index is 1.82. The van der Waals surface area contributed by atoms with Crippen LogP contribution in [0.3, 0.4) is 0 Å². The number of aromatic nitrogens is 2. The van der Waals surface area contributed by atoms with Crippen molar-refractivity contribution in [1.82, 2.24) is 15.5 Å². The molecule has 8 heteroatoms. The fraction of sp³-hybridized carbons (Fsp3) is 0.400. The summed E-state index contributed by atoms with van der Waals surface area (Å²) >= 11 is 0. The molecule has 8 nitrogen and oxygen atoms in total. The van der Waals surface area contributed by atoms with Crippen LogP contribution in [-0.2, 0) is 13.0 Å². The van der Waals surface area contributed by atoms with Crippen molar-refractivity contribution >= 4 is 5.96 Å². The highest BCUT2D eigenvalue weighted by Gasteiger charge is 2.05. The van der Waals surface area contributed by atoms with Gasteiger partial charge in [-0.2, -0.15) is 4.98 Å². The van der Waals surface area contributed by atoms with E-state index in [9.17, 15) is 0 Å². The molecular weight excluding hydrogens is 298 g/mol. The van der Waals surface area contributed by atoms with E-state index < -0.39 is 0 Å². The number of benzene rings is 1. The van der Waals surface area contributed by atoms with Crippen LogP contribution in [0.2, 0.25) is 0 Å². The van der Waals surface area contributed by atoms with Crippen LogP contribution in [-0.4, -0.2) is 36.9 Å². The lowest BCUT2D eigenvalue weighted by Crippen LogP contribution is -2.33. The maximum absolute atomic E-state index is 5.80. The van der Waals surface area contributed by atoms with Crippen LogP contribution in [0.25, 0.3) is 0 Å². The van der Waals surface area contributed by atoms with E-state index in [1.807, 2.05) is 18.2 Å². The molecule has 23 heavy (non-hydrogen) atoms. The molecule has 0 aliphatic carbocycles. The average Bonchev–Trinajstić information content (AvgIpc) is 2.98. The van der Waals surface area contributed by atoms with Gasteiger partial charge in [0.25, 0.3) is 0 Å². The first-order valence-corrected chi connectivity index (χ1v) is 7.16. The van der Waals surface area contributed by atoms with Gasteiger partial charge in [0, 0.05) is 13.5 Å². The third-order valence-corrected chi connectivity index (χ3v) is 3.13. The van der Waals surface area contributed by atoms with E-state index >= 15 is 0 Å². The fourth-order valence-corrected chi connectivity index (χ4v) is 1.99. The third kappa shape index (κ3) is 4.87. The summed E-state index contributed by atoms with van der Waals surface area (Å²) in [6, 6.07) is 5.80. The fourth-order valence-electron chi connectivity index (χ4n) is 1.99. The first-order chi connectivity index (χ1) is 11.1. The summed E-state index contributed by atoms with van der Waals surface area (Å²) in [5, 5.41) is 6.79. The molecule has 124 valence electrons. The number of nitrogens with one attached hydrogen (secondary N) is 1. The number of hydrogen-bond acceptors (Lipinski definition) is 6. The van der Waals surface area contributed by atoms with Crippen molar-refractivity contribution in [2.45, 2.75) is 19.9 Å². The molecular formula is C15H21N5O3. The number of aliphatic imine (C=N–C) groups is 1. The minimum Gasteiger partial charge on any atom is -0.493 e. The van der Waals surface area contributed by atoms with Crippen molar-refractivity contribution in [3.05, 3.63) is 35.5 Å². The smallest absolute Gasteiger partial charge is 0.223 e. The summed E-state index contributed by atoms with van der Waals surface area (Å²) in [5.41, 5.74) is 6.91. The molecule has 0 amide bonds. The quantitative estimate of drug-likeness (QED) is 0.580. The second-order valence-corrected chi connectivity index (χ2v) is 4.80. The van der Waals surface area contributed by atoms with Gasteiger partial charge in [0.15, 0.2) is 23.3 Å². The van der Waals surface area contributed by atoms with Crippen LogP contribution in [0.5, 0.6) is 11.5 Å². The van der Waals surface area contributed by atoms with Crippen LogP contribution in [0.4, 0.5) is 0 Å². The highest BCUT2D eigenvalue weighted by Crippen LogP contribution is 2.27. The maximum atomic E-state index is 5.80. The van der Waals surface area contributed by atoms with Gasteiger partial charge in [0.05, 0.1) is 14.2 Å². The van der Waals surface area contributed by atoms with Crippen molar-refractivity contribution in [1.29, 1.82) is 0 Å². The molecule has 0 aliphatic heterocycles. The topological polar surface area (TPSA) is 108 Å². The highest BCUT2D eigenvalue weighted by molar-refractivity contribution is 5.77. The van der Waals surface area contributed by atoms with Gasteiger partial charge in [-0.25, -0.2) is 4.99 Å². The number of ether oxygens (including phenoxy) is 2. The van der Waals surface area contributed by atoms with E-state index in [1.165, 1.54) is 0 Å². The largest absolute Gasteiger partial charge is 0.493 e. The van der Waals surface area contributed by atoms with Gasteiger partial charge in [-0.1, -0.05) is 11.2 Å². The number of guanidine groups is 1. The zero-order valence-electron chi connectivity index (χ0n) is 13.5. The van der Waals surface area contributed by atoms with E-state index in [-0.39, 0.29) is 6.54 Å². The molecule has 0 unspecified atom stereocenters. The Morgan fingerprint density at radius 1 is 1.30 bits per heavy atom. The predicted molar refractivity (Wildman–Crippen MR) is 85.6 cm³/mol. The molecule has 1 heterocycles. The highest BCUT2D eigenvalue weighted by atomic mass is 16.5. The number of aryl methyl sites for hydroxylation is 1. The van der Waals surface area contributed by atoms with Gasteiger partial charge < -0.3 is 25.0 Å². The summed E-state index contributed by atoms with van der Waals surface area (Å²) in [7, 11) is 3.23. The molecule has 0 spiro atoms. The van der Waals surface area contributed by atoms with E-state index in [0.29, 0.717) is 35.7 Å². The Bertz CT molecular complexity index is 669. The molecule has 0 atom stereocenters. The molecule has 1 aromatic heterocycles. The van der Waals surface area contributed by atoms with Crippen molar-refractivity contribution in [3.63, 3.8) is 0 Å². The molecule has 3 N–H and O–H groups in total. The van der Waals surface area contributed by atoms with Gasteiger partial charge >= 0.3 is 0 Å². The first-order valence-electron chi connectivity index (χ1n) is 7.16. The monoisotopic (exact) mass is 319 g/mol. The summed E-state index contributed by atoms with van der Waals surface area (Å²) in [6.07, 6.45) is 0.776. The minimum absolute atomic E-state index is 0.284. The molecule has 0 saturated carbocycles. The number of nitrogens with two attached hydrogens (primary N) is 1. The van der Waals surface area contributed by atoms with Gasteiger partial charge in [0.2, 0.25) is 5.89 Å². The SMILES string of the molecule is COc1ccc(CCNC(N)=NCc2noc(C)n2)cc1OC. The molecule has 0 bridgehead atoms. The summed E-state index contributed by atoms with van der Waals surface area (Å²) in [6.45, 7) is 2.66. The predicted octanol–water partition coefficient (Wildman–Crippen LogP) is 1.04. The summed E-state index contributed by atoms with van der Waals surface area (Å²) in [4.78, 5) is 8.21. The standard InChI is InChI=1S/C15H21N5O3/c1-10-19-14(20-23-10)9-18-15(16)17-7-6-11-4-5-12(21-2)13(8-11)22-3/h4-5,8H,6-7,9H2,1-3H3,(H3,16,17,18). The Morgan fingerprint density at radius 2 is 2.09 bits per heavy atom. The van der Waals surface area contributed by atoms with Crippen LogP contribution in [0.15, 0.2) is 27.7 Å². The minimum atomic E-state index is 0.284. The molecule has 1 aromatic carbocycles. The molecule has 2 rings (SSSR count). The van der Waals surface area contributed by atoms with E-state index in [1.54, 1.807) is 21.1 Å². The van der Waals surface area contributed by atoms with Crippen molar-refractivity contribution < 1.29 is 14.0 Å². The van der Waals surface area contributed by atoms with Crippen molar-refractivity contribution in [2.75, 3.05) is 20.8 Å². The van der Waals surface area contributed by atoms with Crippen LogP contribution in [0.1, 0.15) is 17.3 Å². The van der Waals surface area contributed by atoms with Gasteiger partial charge in [-0.3, -0.25) is 0 Å². The van der Waals surface area contributed by atoms with Crippen molar-refractivity contribution in [2.24, 2.45) is 10.7 Å². The summed E-state index contributed by atoms with van der Waals surface area (Å²) in [5.74, 6) is 2.77. The second kappa shape index (κ2) is 8.02. The zero-order chi connectivity index (χ0) is 16.7. The average molecular weight is 319 g/mol. The lowest BCUT2D eigenvalue weighted by Gasteiger charge is -2.10. The Labute approximate surface area is 134 Å². The lowest BCUT2D eigenvalue weighted by atomic mass is 10.1. The van der Waals surface area contributed by atoms with Crippen LogP contribution >= 0.6 is 0 Å². The van der Waals surface area contributed by atoms with Crippen molar-refractivity contribution in [3.8, 4) is 11.5 Å². The Morgan fingerprint density at radius 3 is 2.74 bits per heavy atom. The van der Waals surface area contributed by atoms with Gasteiger partial charge in [-0.15, -0.1) is 0 Å². The number of hydrogen-bond donors (Lipinski definition) is 2.